The molecule has 122 valence electrons. The maximum absolute atomic E-state index is 12.3. The zero-order valence-electron chi connectivity index (χ0n) is 13.7. The summed E-state index contributed by atoms with van der Waals surface area (Å²) in [4.78, 5) is 12.3. The topological polar surface area (TPSA) is 59.8 Å². The monoisotopic (exact) mass is 322 g/mol. The second-order valence-electron chi connectivity index (χ2n) is 6.86. The van der Waals surface area contributed by atoms with Gasteiger partial charge in [-0.2, -0.15) is 0 Å². The van der Waals surface area contributed by atoms with Crippen molar-refractivity contribution in [3.63, 3.8) is 0 Å². The van der Waals surface area contributed by atoms with Crippen LogP contribution in [0.4, 0.5) is 0 Å². The van der Waals surface area contributed by atoms with Gasteiger partial charge in [-0.3, -0.25) is 4.79 Å². The first-order chi connectivity index (χ1) is 10.6. The molecule has 1 heterocycles. The van der Waals surface area contributed by atoms with E-state index >= 15 is 0 Å². The number of thioether (sulfide) groups is 1. The lowest BCUT2D eigenvalue weighted by Crippen LogP contribution is -2.44. The van der Waals surface area contributed by atoms with Gasteiger partial charge in [0.2, 0.25) is 5.91 Å². The highest BCUT2D eigenvalue weighted by Crippen LogP contribution is 2.38. The average molecular weight is 322 g/mol. The average Bonchev–Trinajstić information content (AvgIpc) is 3.25. The van der Waals surface area contributed by atoms with Gasteiger partial charge in [0.15, 0.2) is 5.16 Å². The molecule has 2 aliphatic rings. The van der Waals surface area contributed by atoms with Crippen molar-refractivity contribution < 1.29 is 4.79 Å². The molecule has 0 radical (unpaired) electrons. The molecule has 0 unspecified atom stereocenters. The highest BCUT2D eigenvalue weighted by atomic mass is 32.2. The summed E-state index contributed by atoms with van der Waals surface area (Å²) in [5.74, 6) is 2.79. The molecule has 0 spiro atoms. The molecule has 22 heavy (non-hydrogen) atoms. The Bertz CT molecular complexity index is 540. The van der Waals surface area contributed by atoms with Crippen molar-refractivity contribution in [3.8, 4) is 0 Å². The molecule has 1 N–H and O–H groups in total. The molecule has 1 aromatic heterocycles. The minimum absolute atomic E-state index is 0.124. The SMILES string of the molecule is Cc1nnc(SCC(=O)N[C@H]2CCC[C@@H](C)[C@@H]2C)n1C1CC1. The van der Waals surface area contributed by atoms with Gasteiger partial charge in [-0.05, 0) is 38.0 Å². The summed E-state index contributed by atoms with van der Waals surface area (Å²) < 4.78 is 2.18. The third kappa shape index (κ3) is 3.47. The minimum atomic E-state index is 0.124. The van der Waals surface area contributed by atoms with Crippen molar-refractivity contribution in [2.75, 3.05) is 5.75 Å². The van der Waals surface area contributed by atoms with E-state index < -0.39 is 0 Å². The molecule has 0 bridgehead atoms. The molecule has 0 saturated heterocycles. The van der Waals surface area contributed by atoms with E-state index in [4.69, 9.17) is 0 Å². The molecule has 3 rings (SSSR count). The highest BCUT2D eigenvalue weighted by Gasteiger charge is 2.30. The van der Waals surface area contributed by atoms with Gasteiger partial charge >= 0.3 is 0 Å². The van der Waals surface area contributed by atoms with Crippen LogP contribution in [0, 0.1) is 18.8 Å². The van der Waals surface area contributed by atoms with Gasteiger partial charge in [-0.15, -0.1) is 10.2 Å². The summed E-state index contributed by atoms with van der Waals surface area (Å²) in [6.45, 7) is 6.54. The van der Waals surface area contributed by atoms with Gasteiger partial charge in [0, 0.05) is 12.1 Å². The fraction of sp³-hybridized carbons (Fsp3) is 0.812. The standard InChI is InChI=1S/C16H26N4OS/c1-10-5-4-6-14(11(10)2)17-15(21)9-22-16-19-18-12(3)20(16)13-7-8-13/h10-11,13-14H,4-9H2,1-3H3,(H,17,21)/t10-,11+,14+/m1/s1. The summed E-state index contributed by atoms with van der Waals surface area (Å²) in [5, 5.41) is 12.5. The number of carbonyl (C=O) groups is 1. The van der Waals surface area contributed by atoms with Crippen LogP contribution < -0.4 is 5.32 Å². The fourth-order valence-electron chi connectivity index (χ4n) is 3.37. The summed E-state index contributed by atoms with van der Waals surface area (Å²) in [6, 6.07) is 0.889. The number of aromatic nitrogens is 3. The van der Waals surface area contributed by atoms with Gasteiger partial charge in [0.1, 0.15) is 5.82 Å². The summed E-state index contributed by atoms with van der Waals surface area (Å²) in [7, 11) is 0. The third-order valence-electron chi connectivity index (χ3n) is 5.13. The van der Waals surface area contributed by atoms with Crippen LogP contribution in [0.3, 0.4) is 0 Å². The van der Waals surface area contributed by atoms with Crippen LogP contribution in [0.5, 0.6) is 0 Å². The van der Waals surface area contributed by atoms with E-state index in [1.54, 1.807) is 0 Å². The second kappa shape index (κ2) is 6.60. The Morgan fingerprint density at radius 3 is 2.77 bits per heavy atom. The van der Waals surface area contributed by atoms with Crippen LogP contribution in [0.2, 0.25) is 0 Å². The Morgan fingerprint density at radius 1 is 1.27 bits per heavy atom. The quantitative estimate of drug-likeness (QED) is 0.847. The van der Waals surface area contributed by atoms with Crippen molar-refractivity contribution >= 4 is 17.7 Å². The molecule has 1 amide bonds. The van der Waals surface area contributed by atoms with Crippen molar-refractivity contribution in [3.05, 3.63) is 5.82 Å². The van der Waals surface area contributed by atoms with Crippen molar-refractivity contribution in [2.24, 2.45) is 11.8 Å². The second-order valence-corrected chi connectivity index (χ2v) is 7.80. The van der Waals surface area contributed by atoms with Crippen LogP contribution in [0.15, 0.2) is 5.16 Å². The number of nitrogens with one attached hydrogen (secondary N) is 1. The molecule has 2 fully saturated rings. The first kappa shape index (κ1) is 15.8. The Kier molecular flexibility index (Phi) is 4.76. The molecule has 0 aliphatic heterocycles. The lowest BCUT2D eigenvalue weighted by atomic mass is 9.78. The zero-order chi connectivity index (χ0) is 15.7. The Morgan fingerprint density at radius 2 is 2.05 bits per heavy atom. The molecule has 1 aromatic rings. The molecule has 3 atom stereocenters. The molecular weight excluding hydrogens is 296 g/mol. The number of amides is 1. The number of rotatable bonds is 5. The normalized spacial score (nSPS) is 28.6. The van der Waals surface area contributed by atoms with E-state index in [9.17, 15) is 4.79 Å². The van der Waals surface area contributed by atoms with Crippen LogP contribution in [0.25, 0.3) is 0 Å². The van der Waals surface area contributed by atoms with Crippen LogP contribution in [-0.2, 0) is 4.79 Å². The van der Waals surface area contributed by atoms with Crippen molar-refractivity contribution in [1.82, 2.24) is 20.1 Å². The lowest BCUT2D eigenvalue weighted by Gasteiger charge is -2.34. The van der Waals surface area contributed by atoms with E-state index in [-0.39, 0.29) is 5.91 Å². The molecule has 0 aromatic carbocycles. The summed E-state index contributed by atoms with van der Waals surface area (Å²) in [6.07, 6.45) is 6.02. The predicted molar refractivity (Wildman–Crippen MR) is 87.9 cm³/mol. The highest BCUT2D eigenvalue weighted by molar-refractivity contribution is 7.99. The maximum Gasteiger partial charge on any atom is 0.230 e. The first-order valence-corrected chi connectivity index (χ1v) is 9.38. The van der Waals surface area contributed by atoms with Gasteiger partial charge in [0.05, 0.1) is 5.75 Å². The lowest BCUT2D eigenvalue weighted by molar-refractivity contribution is -0.120. The number of carbonyl (C=O) groups excluding carboxylic acids is 1. The largest absolute Gasteiger partial charge is 0.352 e. The van der Waals surface area contributed by atoms with Gasteiger partial charge in [-0.25, -0.2) is 0 Å². The molecular formula is C16H26N4OS. The van der Waals surface area contributed by atoms with Gasteiger partial charge in [-0.1, -0.05) is 38.5 Å². The summed E-state index contributed by atoms with van der Waals surface area (Å²) in [5.41, 5.74) is 0. The van der Waals surface area contributed by atoms with E-state index in [2.05, 4.69) is 33.9 Å². The third-order valence-corrected chi connectivity index (χ3v) is 6.08. The van der Waals surface area contributed by atoms with Crippen LogP contribution in [-0.4, -0.2) is 32.5 Å². The minimum Gasteiger partial charge on any atom is -0.352 e. The molecule has 5 nitrogen and oxygen atoms in total. The van der Waals surface area contributed by atoms with Gasteiger partial charge in [0.25, 0.3) is 0 Å². The maximum atomic E-state index is 12.3. The smallest absolute Gasteiger partial charge is 0.230 e. The van der Waals surface area contributed by atoms with Crippen LogP contribution in [0.1, 0.15) is 57.8 Å². The summed E-state index contributed by atoms with van der Waals surface area (Å²) >= 11 is 1.51. The van der Waals surface area contributed by atoms with E-state index in [1.165, 1.54) is 37.4 Å². The van der Waals surface area contributed by atoms with Crippen LogP contribution >= 0.6 is 11.8 Å². The predicted octanol–water partition coefficient (Wildman–Crippen LogP) is 2.95. The van der Waals surface area contributed by atoms with Crippen molar-refractivity contribution in [2.45, 2.75) is 70.1 Å². The fourth-order valence-corrected chi connectivity index (χ4v) is 4.23. The Labute approximate surface area is 136 Å². The number of hydrogen-bond donors (Lipinski definition) is 1. The van der Waals surface area contributed by atoms with Crippen molar-refractivity contribution in [1.29, 1.82) is 0 Å². The van der Waals surface area contributed by atoms with E-state index in [0.717, 1.165) is 17.4 Å². The number of nitrogens with zero attached hydrogens (tertiary/aromatic N) is 3. The van der Waals surface area contributed by atoms with E-state index in [1.807, 2.05) is 6.92 Å². The zero-order valence-corrected chi connectivity index (χ0v) is 14.5. The van der Waals surface area contributed by atoms with E-state index in [0.29, 0.717) is 29.7 Å². The molecule has 2 aliphatic carbocycles. The molecule has 6 heteroatoms. The molecule has 2 saturated carbocycles. The Balaban J connectivity index is 1.52. The number of aryl methyl sites for hydroxylation is 1. The number of hydrogen-bond acceptors (Lipinski definition) is 4. The first-order valence-electron chi connectivity index (χ1n) is 8.40. The Hall–Kier alpha value is -1.04. The van der Waals surface area contributed by atoms with Gasteiger partial charge < -0.3 is 9.88 Å².